The van der Waals surface area contributed by atoms with Gasteiger partial charge in [0.25, 0.3) is 5.56 Å². The van der Waals surface area contributed by atoms with Gasteiger partial charge in [0.2, 0.25) is 0 Å². The maximum absolute atomic E-state index is 12.3. The van der Waals surface area contributed by atoms with E-state index >= 15 is 0 Å². The van der Waals surface area contributed by atoms with E-state index in [4.69, 9.17) is 39.5 Å². The quantitative estimate of drug-likeness (QED) is 0.480. The van der Waals surface area contributed by atoms with Gasteiger partial charge in [-0.3, -0.25) is 13.9 Å². The minimum atomic E-state index is -0.730. The minimum absolute atomic E-state index is 0.0348. The Labute approximate surface area is 161 Å². The average molecular weight is 418 g/mol. The largest absolute Gasteiger partial charge is 0.422 e. The number of imidazole rings is 1. The SMILES string of the molecule is Cn1c(=O)c2c(ncn2CC(=O)Oc2c(Cl)cc(Cl)cc2Cl)n(C)c1=O. The van der Waals surface area contributed by atoms with E-state index in [1.54, 1.807) is 0 Å². The lowest BCUT2D eigenvalue weighted by Gasteiger charge is -2.10. The van der Waals surface area contributed by atoms with Crippen molar-refractivity contribution in [3.63, 3.8) is 0 Å². The number of benzene rings is 1. The number of hydrogen-bond donors (Lipinski definition) is 0. The zero-order valence-corrected chi connectivity index (χ0v) is 15.8. The molecule has 3 aromatic rings. The first kappa shape index (κ1) is 18.5. The number of fused-ring (bicyclic) bond motifs is 1. The zero-order valence-electron chi connectivity index (χ0n) is 13.5. The van der Waals surface area contributed by atoms with Crippen LogP contribution in [-0.4, -0.2) is 24.7 Å². The maximum Gasteiger partial charge on any atom is 0.332 e. The first-order valence-electron chi connectivity index (χ1n) is 7.16. The Morgan fingerprint density at radius 3 is 2.35 bits per heavy atom. The molecule has 0 spiro atoms. The van der Waals surface area contributed by atoms with E-state index in [0.717, 1.165) is 4.57 Å². The van der Waals surface area contributed by atoms with Crippen LogP contribution in [0.2, 0.25) is 15.1 Å². The summed E-state index contributed by atoms with van der Waals surface area (Å²) >= 11 is 17.8. The molecule has 0 aliphatic heterocycles. The van der Waals surface area contributed by atoms with Gasteiger partial charge in [-0.25, -0.2) is 14.6 Å². The van der Waals surface area contributed by atoms with Gasteiger partial charge in [-0.1, -0.05) is 34.8 Å². The van der Waals surface area contributed by atoms with Crippen molar-refractivity contribution in [3.8, 4) is 5.75 Å². The first-order valence-corrected chi connectivity index (χ1v) is 8.30. The van der Waals surface area contributed by atoms with Crippen molar-refractivity contribution < 1.29 is 9.53 Å². The summed E-state index contributed by atoms with van der Waals surface area (Å²) in [4.78, 5) is 40.6. The fraction of sp³-hybridized carbons (Fsp3) is 0.200. The summed E-state index contributed by atoms with van der Waals surface area (Å²) in [7, 11) is 2.82. The summed E-state index contributed by atoms with van der Waals surface area (Å²) in [6.45, 7) is -0.334. The third kappa shape index (κ3) is 3.11. The molecule has 0 unspecified atom stereocenters. The van der Waals surface area contributed by atoms with Crippen molar-refractivity contribution in [2.45, 2.75) is 6.54 Å². The predicted molar refractivity (Wildman–Crippen MR) is 97.3 cm³/mol. The number of esters is 1. The number of nitrogens with zero attached hydrogens (tertiary/aromatic N) is 4. The Morgan fingerprint density at radius 2 is 1.73 bits per heavy atom. The van der Waals surface area contributed by atoms with Crippen LogP contribution < -0.4 is 16.0 Å². The molecule has 2 aromatic heterocycles. The van der Waals surface area contributed by atoms with Gasteiger partial charge in [0.1, 0.15) is 6.54 Å². The van der Waals surface area contributed by atoms with Gasteiger partial charge < -0.3 is 9.30 Å². The van der Waals surface area contributed by atoms with E-state index < -0.39 is 17.2 Å². The van der Waals surface area contributed by atoms with Gasteiger partial charge in [0.05, 0.1) is 16.4 Å². The molecular formula is C15H11Cl3N4O4. The fourth-order valence-electron chi connectivity index (χ4n) is 2.43. The van der Waals surface area contributed by atoms with Crippen molar-refractivity contribution in [1.82, 2.24) is 18.7 Å². The molecule has 0 amide bonds. The average Bonchev–Trinajstić information content (AvgIpc) is 2.98. The summed E-state index contributed by atoms with van der Waals surface area (Å²) in [6.07, 6.45) is 1.28. The van der Waals surface area contributed by atoms with E-state index in [9.17, 15) is 14.4 Å². The molecule has 2 heterocycles. The van der Waals surface area contributed by atoms with E-state index in [2.05, 4.69) is 4.98 Å². The Kier molecular flexibility index (Phi) is 4.83. The molecule has 0 bridgehead atoms. The van der Waals surface area contributed by atoms with Crippen LogP contribution in [-0.2, 0) is 25.4 Å². The molecule has 136 valence electrons. The van der Waals surface area contributed by atoms with Crippen LogP contribution in [0.3, 0.4) is 0 Å². The van der Waals surface area contributed by atoms with E-state index in [1.807, 2.05) is 0 Å². The lowest BCUT2D eigenvalue weighted by Crippen LogP contribution is -2.37. The second-order valence-corrected chi connectivity index (χ2v) is 6.67. The van der Waals surface area contributed by atoms with E-state index in [-0.39, 0.29) is 33.5 Å². The van der Waals surface area contributed by atoms with Gasteiger partial charge in [-0.05, 0) is 12.1 Å². The van der Waals surface area contributed by atoms with Gasteiger partial charge >= 0.3 is 11.7 Å². The summed E-state index contributed by atoms with van der Waals surface area (Å²) < 4.78 is 8.62. The highest BCUT2D eigenvalue weighted by Crippen LogP contribution is 2.35. The lowest BCUT2D eigenvalue weighted by molar-refractivity contribution is -0.134. The van der Waals surface area contributed by atoms with Crippen molar-refractivity contribution >= 4 is 51.9 Å². The Balaban J connectivity index is 1.97. The second kappa shape index (κ2) is 6.79. The predicted octanol–water partition coefficient (Wildman–Crippen LogP) is 2.00. The number of rotatable bonds is 3. The minimum Gasteiger partial charge on any atom is -0.422 e. The zero-order chi connectivity index (χ0) is 19.2. The lowest BCUT2D eigenvalue weighted by atomic mass is 10.3. The summed E-state index contributed by atoms with van der Waals surface area (Å²) in [5, 5.41) is 0.444. The molecule has 0 fully saturated rings. The number of carbonyl (C=O) groups excluding carboxylic acids is 1. The Hall–Kier alpha value is -2.29. The Bertz CT molecular complexity index is 1140. The van der Waals surface area contributed by atoms with E-state index in [1.165, 1.54) is 41.7 Å². The molecule has 0 N–H and O–H groups in total. The highest BCUT2D eigenvalue weighted by Gasteiger charge is 2.18. The van der Waals surface area contributed by atoms with E-state index in [0.29, 0.717) is 5.02 Å². The molecule has 0 saturated carbocycles. The van der Waals surface area contributed by atoms with Gasteiger partial charge in [-0.2, -0.15) is 0 Å². The van der Waals surface area contributed by atoms with Crippen molar-refractivity contribution in [2.24, 2.45) is 14.1 Å². The summed E-state index contributed by atoms with van der Waals surface area (Å²) in [6, 6.07) is 2.77. The molecule has 0 aliphatic rings. The topological polar surface area (TPSA) is 88.1 Å². The molecule has 1 aromatic carbocycles. The van der Waals surface area contributed by atoms with Crippen LogP contribution in [0.15, 0.2) is 28.0 Å². The molecule has 11 heteroatoms. The molecule has 0 aliphatic carbocycles. The molecule has 0 radical (unpaired) electrons. The third-order valence-electron chi connectivity index (χ3n) is 3.70. The van der Waals surface area contributed by atoms with Crippen LogP contribution >= 0.6 is 34.8 Å². The molecule has 8 nitrogen and oxygen atoms in total. The second-order valence-electron chi connectivity index (χ2n) is 5.42. The van der Waals surface area contributed by atoms with Gasteiger partial charge in [-0.15, -0.1) is 0 Å². The van der Waals surface area contributed by atoms with Crippen LogP contribution in [0.1, 0.15) is 0 Å². The fourth-order valence-corrected chi connectivity index (χ4v) is 3.32. The van der Waals surface area contributed by atoms with Crippen LogP contribution in [0.5, 0.6) is 5.75 Å². The first-order chi connectivity index (χ1) is 12.2. The summed E-state index contributed by atoms with van der Waals surface area (Å²) in [5.74, 6) is -0.765. The summed E-state index contributed by atoms with van der Waals surface area (Å²) in [5.41, 5.74) is -0.834. The third-order valence-corrected chi connectivity index (χ3v) is 4.48. The monoisotopic (exact) mass is 416 g/mol. The van der Waals surface area contributed by atoms with Crippen LogP contribution in [0.25, 0.3) is 11.2 Å². The highest BCUT2D eigenvalue weighted by molar-refractivity contribution is 6.40. The molecule has 26 heavy (non-hydrogen) atoms. The maximum atomic E-state index is 12.3. The normalized spacial score (nSPS) is 11.1. The molecular weight excluding hydrogens is 407 g/mol. The molecule has 3 rings (SSSR count). The molecule has 0 atom stereocenters. The number of hydrogen-bond acceptors (Lipinski definition) is 5. The smallest absolute Gasteiger partial charge is 0.332 e. The highest BCUT2D eigenvalue weighted by atomic mass is 35.5. The molecule has 0 saturated heterocycles. The number of aryl methyl sites for hydroxylation is 1. The van der Waals surface area contributed by atoms with Crippen molar-refractivity contribution in [2.75, 3.05) is 0 Å². The van der Waals surface area contributed by atoms with Crippen LogP contribution in [0, 0.1) is 0 Å². The Morgan fingerprint density at radius 1 is 1.12 bits per heavy atom. The van der Waals surface area contributed by atoms with Gasteiger partial charge in [0, 0.05) is 19.1 Å². The number of aromatic nitrogens is 4. The van der Waals surface area contributed by atoms with Crippen LogP contribution in [0.4, 0.5) is 0 Å². The standard InChI is InChI=1S/C15H11Cl3N4O4/c1-20-13-11(14(24)21(2)15(20)25)22(6-19-13)5-10(23)26-12-8(17)3-7(16)4-9(12)18/h3-4,6H,5H2,1-2H3. The van der Waals surface area contributed by atoms with Crippen molar-refractivity contribution in [1.29, 1.82) is 0 Å². The number of ether oxygens (including phenoxy) is 1. The number of halogens is 3. The van der Waals surface area contributed by atoms with Crippen molar-refractivity contribution in [3.05, 3.63) is 54.4 Å². The van der Waals surface area contributed by atoms with Gasteiger partial charge in [0.15, 0.2) is 16.9 Å². The number of carbonyl (C=O) groups is 1.